The van der Waals surface area contributed by atoms with Crippen LogP contribution in [0.4, 0.5) is 0 Å². The number of hydrogen-bond donors (Lipinski definition) is 4. The minimum Gasteiger partial charge on any atom is -0.390 e. The van der Waals surface area contributed by atoms with Crippen molar-refractivity contribution in [2.45, 2.75) is 37.7 Å². The van der Waals surface area contributed by atoms with Gasteiger partial charge in [-0.2, -0.15) is 0 Å². The van der Waals surface area contributed by atoms with Gasteiger partial charge < -0.3 is 25.6 Å². The van der Waals surface area contributed by atoms with Gasteiger partial charge in [0, 0.05) is 25.3 Å². The number of benzene rings is 1. The summed E-state index contributed by atoms with van der Waals surface area (Å²) in [6, 6.07) is 5.72. The predicted octanol–water partition coefficient (Wildman–Crippen LogP) is -0.427. The van der Waals surface area contributed by atoms with Crippen molar-refractivity contribution >= 4 is 5.91 Å². The van der Waals surface area contributed by atoms with E-state index in [1.54, 1.807) is 0 Å². The van der Waals surface area contributed by atoms with Gasteiger partial charge >= 0.3 is 0 Å². The van der Waals surface area contributed by atoms with Crippen molar-refractivity contribution < 1.29 is 19.7 Å². The zero-order valence-electron chi connectivity index (χ0n) is 12.4. The van der Waals surface area contributed by atoms with E-state index in [0.29, 0.717) is 18.6 Å². The lowest BCUT2D eigenvalue weighted by Gasteiger charge is -2.32. The first-order valence-electron chi connectivity index (χ1n) is 7.73. The van der Waals surface area contributed by atoms with E-state index in [2.05, 4.69) is 10.6 Å². The topological polar surface area (TPSA) is 90.8 Å². The van der Waals surface area contributed by atoms with Gasteiger partial charge in [0.15, 0.2) is 0 Å². The molecule has 0 bridgehead atoms. The summed E-state index contributed by atoms with van der Waals surface area (Å²) in [7, 11) is 0. The normalized spacial score (nSPS) is 28.0. The quantitative estimate of drug-likeness (QED) is 0.608. The van der Waals surface area contributed by atoms with E-state index in [1.165, 1.54) is 11.1 Å². The SMILES string of the molecule is O=C(NCC1OCCC(O)C1O)c1ccc2c(c1)CCNC2. The van der Waals surface area contributed by atoms with Crippen molar-refractivity contribution in [3.63, 3.8) is 0 Å². The molecule has 3 atom stereocenters. The molecule has 22 heavy (non-hydrogen) atoms. The molecule has 1 aromatic rings. The maximum atomic E-state index is 12.2. The number of fused-ring (bicyclic) bond motifs is 1. The van der Waals surface area contributed by atoms with Crippen molar-refractivity contribution in [1.82, 2.24) is 10.6 Å². The second kappa shape index (κ2) is 6.75. The van der Waals surface area contributed by atoms with Crippen molar-refractivity contribution in [1.29, 1.82) is 0 Å². The molecule has 120 valence electrons. The maximum Gasteiger partial charge on any atom is 0.251 e. The average molecular weight is 306 g/mol. The molecular formula is C16H22N2O4. The number of aliphatic hydroxyl groups excluding tert-OH is 2. The molecule has 4 N–H and O–H groups in total. The van der Waals surface area contributed by atoms with Gasteiger partial charge in [-0.25, -0.2) is 0 Å². The lowest BCUT2D eigenvalue weighted by molar-refractivity contribution is -0.132. The minimum absolute atomic E-state index is 0.183. The zero-order valence-corrected chi connectivity index (χ0v) is 12.4. The van der Waals surface area contributed by atoms with Gasteiger partial charge in [0.1, 0.15) is 12.2 Å². The molecule has 6 nitrogen and oxygen atoms in total. The van der Waals surface area contributed by atoms with Crippen molar-refractivity contribution in [3.05, 3.63) is 34.9 Å². The summed E-state index contributed by atoms with van der Waals surface area (Å²) < 4.78 is 5.40. The first-order chi connectivity index (χ1) is 10.6. The third kappa shape index (κ3) is 3.30. The van der Waals surface area contributed by atoms with Gasteiger partial charge in [-0.3, -0.25) is 4.79 Å². The summed E-state index contributed by atoms with van der Waals surface area (Å²) in [5.74, 6) is -0.183. The molecule has 0 aromatic heterocycles. The average Bonchev–Trinajstić information content (AvgIpc) is 2.55. The highest BCUT2D eigenvalue weighted by molar-refractivity contribution is 5.94. The van der Waals surface area contributed by atoms with Crippen molar-refractivity contribution in [2.24, 2.45) is 0 Å². The summed E-state index contributed by atoms with van der Waals surface area (Å²) in [5.41, 5.74) is 3.05. The predicted molar refractivity (Wildman–Crippen MR) is 80.6 cm³/mol. The third-order valence-corrected chi connectivity index (χ3v) is 4.34. The molecular weight excluding hydrogens is 284 g/mol. The summed E-state index contributed by atoms with van der Waals surface area (Å²) in [4.78, 5) is 12.2. The van der Waals surface area contributed by atoms with Crippen LogP contribution in [0.15, 0.2) is 18.2 Å². The molecule has 3 rings (SSSR count). The largest absolute Gasteiger partial charge is 0.390 e. The van der Waals surface area contributed by atoms with E-state index < -0.39 is 18.3 Å². The molecule has 2 heterocycles. The Hall–Kier alpha value is -1.47. The van der Waals surface area contributed by atoms with Crippen LogP contribution in [0.3, 0.4) is 0 Å². The molecule has 0 spiro atoms. The highest BCUT2D eigenvalue weighted by atomic mass is 16.5. The van der Waals surface area contributed by atoms with Gasteiger partial charge in [0.2, 0.25) is 0 Å². The fraction of sp³-hybridized carbons (Fsp3) is 0.562. The highest BCUT2D eigenvalue weighted by Gasteiger charge is 2.31. The Bertz CT molecular complexity index is 549. The molecule has 0 saturated carbocycles. The first-order valence-corrected chi connectivity index (χ1v) is 7.73. The standard InChI is InChI=1S/C16H22N2O4/c19-13-4-6-22-14(15(13)20)9-18-16(21)11-1-2-12-8-17-5-3-10(12)7-11/h1-2,7,13-15,17,19-20H,3-6,8-9H2,(H,18,21). The van der Waals surface area contributed by atoms with Gasteiger partial charge in [-0.05, 0) is 42.6 Å². The smallest absolute Gasteiger partial charge is 0.251 e. The molecule has 1 saturated heterocycles. The second-order valence-electron chi connectivity index (χ2n) is 5.88. The van der Waals surface area contributed by atoms with Crippen LogP contribution in [0.2, 0.25) is 0 Å². The van der Waals surface area contributed by atoms with E-state index in [0.717, 1.165) is 19.5 Å². The second-order valence-corrected chi connectivity index (χ2v) is 5.88. The van der Waals surface area contributed by atoms with Gasteiger partial charge in [0.05, 0.1) is 6.10 Å². The first kappa shape index (κ1) is 15.4. The molecule has 0 radical (unpaired) electrons. The molecule has 1 amide bonds. The van der Waals surface area contributed by atoms with Crippen LogP contribution >= 0.6 is 0 Å². The number of amides is 1. The fourth-order valence-corrected chi connectivity index (χ4v) is 2.95. The van der Waals surface area contributed by atoms with E-state index in [4.69, 9.17) is 4.74 Å². The molecule has 2 aliphatic heterocycles. The molecule has 3 unspecified atom stereocenters. The van der Waals surface area contributed by atoms with Crippen LogP contribution in [0.5, 0.6) is 0 Å². The lowest BCUT2D eigenvalue weighted by atomic mass is 9.98. The van der Waals surface area contributed by atoms with Gasteiger partial charge in [-0.1, -0.05) is 6.07 Å². The van der Waals surface area contributed by atoms with Gasteiger partial charge in [0.25, 0.3) is 5.91 Å². The fourth-order valence-electron chi connectivity index (χ4n) is 2.95. The number of nitrogens with one attached hydrogen (secondary N) is 2. The Morgan fingerprint density at radius 2 is 2.23 bits per heavy atom. The monoisotopic (exact) mass is 306 g/mol. The van der Waals surface area contributed by atoms with Crippen molar-refractivity contribution in [3.8, 4) is 0 Å². The number of ether oxygens (including phenoxy) is 1. The molecule has 0 aliphatic carbocycles. The Labute approximate surface area is 129 Å². The molecule has 2 aliphatic rings. The molecule has 6 heteroatoms. The zero-order chi connectivity index (χ0) is 15.5. The number of carbonyl (C=O) groups excluding carboxylic acids is 1. The maximum absolute atomic E-state index is 12.2. The summed E-state index contributed by atoms with van der Waals surface area (Å²) in [6.45, 7) is 2.36. The Morgan fingerprint density at radius 3 is 3.09 bits per heavy atom. The Morgan fingerprint density at radius 1 is 1.36 bits per heavy atom. The lowest BCUT2D eigenvalue weighted by Crippen LogP contribution is -2.49. The van der Waals surface area contributed by atoms with Gasteiger partial charge in [-0.15, -0.1) is 0 Å². The Balaban J connectivity index is 1.60. The van der Waals surface area contributed by atoms with Crippen LogP contribution in [0.1, 0.15) is 27.9 Å². The summed E-state index contributed by atoms with van der Waals surface area (Å²) in [6.07, 6.45) is -0.956. The van der Waals surface area contributed by atoms with E-state index in [9.17, 15) is 15.0 Å². The van der Waals surface area contributed by atoms with Crippen LogP contribution in [0, 0.1) is 0 Å². The van der Waals surface area contributed by atoms with Crippen molar-refractivity contribution in [2.75, 3.05) is 19.7 Å². The number of hydrogen-bond acceptors (Lipinski definition) is 5. The Kier molecular flexibility index (Phi) is 4.73. The third-order valence-electron chi connectivity index (χ3n) is 4.34. The summed E-state index contributed by atoms with van der Waals surface area (Å²) in [5, 5.41) is 25.5. The van der Waals surface area contributed by atoms with E-state index in [1.807, 2.05) is 18.2 Å². The molecule has 1 aromatic carbocycles. The number of carbonyl (C=O) groups is 1. The summed E-state index contributed by atoms with van der Waals surface area (Å²) >= 11 is 0. The highest BCUT2D eigenvalue weighted by Crippen LogP contribution is 2.17. The van der Waals surface area contributed by atoms with Crippen LogP contribution in [-0.4, -0.2) is 54.1 Å². The van der Waals surface area contributed by atoms with E-state index >= 15 is 0 Å². The molecule has 1 fully saturated rings. The van der Waals surface area contributed by atoms with Crippen LogP contribution in [-0.2, 0) is 17.7 Å². The van der Waals surface area contributed by atoms with Crippen LogP contribution < -0.4 is 10.6 Å². The number of aliphatic hydroxyl groups is 2. The van der Waals surface area contributed by atoms with Crippen LogP contribution in [0.25, 0.3) is 0 Å². The minimum atomic E-state index is -0.955. The van der Waals surface area contributed by atoms with E-state index in [-0.39, 0.29) is 12.5 Å². The number of rotatable bonds is 3.